The Kier molecular flexibility index (Phi) is 3.70. The second-order valence-corrected chi connectivity index (χ2v) is 6.93. The van der Waals surface area contributed by atoms with E-state index in [4.69, 9.17) is 9.47 Å². The summed E-state index contributed by atoms with van der Waals surface area (Å²) in [4.78, 5) is 8.85. The zero-order chi connectivity index (χ0) is 16.7. The van der Waals surface area contributed by atoms with E-state index in [2.05, 4.69) is 15.3 Å². The summed E-state index contributed by atoms with van der Waals surface area (Å²) in [5, 5.41) is 4.39. The van der Waals surface area contributed by atoms with Crippen molar-refractivity contribution in [2.24, 2.45) is 0 Å². The van der Waals surface area contributed by atoms with Crippen molar-refractivity contribution in [3.05, 3.63) is 36.1 Å². The van der Waals surface area contributed by atoms with Gasteiger partial charge in [-0.3, -0.25) is 0 Å². The Morgan fingerprint density at radius 1 is 0.917 bits per heavy atom. The van der Waals surface area contributed by atoms with Crippen molar-refractivity contribution in [2.75, 3.05) is 19.5 Å². The molecule has 0 aliphatic carbocycles. The van der Waals surface area contributed by atoms with E-state index in [1.807, 2.05) is 18.2 Å². The van der Waals surface area contributed by atoms with Crippen LogP contribution in [0.25, 0.3) is 20.4 Å². The number of rotatable bonds is 4. The summed E-state index contributed by atoms with van der Waals surface area (Å²) < 4.78 is 26.2. The van der Waals surface area contributed by atoms with Gasteiger partial charge in [0.25, 0.3) is 0 Å². The molecule has 0 atom stereocenters. The maximum Gasteiger partial charge on any atom is 0.190 e. The standard InChI is InChI=1S/C16H12FN3O2S2/c1-21-9-6-7-10(22-2)14-13(9)19-16(24-14)20-15-18-12-8(17)4-3-5-11(12)23-15/h3-7H,1-2H3,(H,18,19,20). The quantitative estimate of drug-likeness (QED) is 0.565. The van der Waals surface area contributed by atoms with Crippen LogP contribution in [-0.4, -0.2) is 24.2 Å². The van der Waals surface area contributed by atoms with Crippen LogP contribution in [-0.2, 0) is 0 Å². The number of ether oxygens (including phenoxy) is 2. The lowest BCUT2D eigenvalue weighted by Gasteiger charge is -2.03. The van der Waals surface area contributed by atoms with Gasteiger partial charge >= 0.3 is 0 Å². The Bertz CT molecular complexity index is 1000. The van der Waals surface area contributed by atoms with Crippen molar-refractivity contribution >= 4 is 53.4 Å². The summed E-state index contributed by atoms with van der Waals surface area (Å²) in [6.45, 7) is 0. The van der Waals surface area contributed by atoms with Crippen LogP contribution in [0.4, 0.5) is 14.7 Å². The van der Waals surface area contributed by atoms with E-state index in [9.17, 15) is 4.39 Å². The van der Waals surface area contributed by atoms with Gasteiger partial charge in [0.05, 0.1) is 18.9 Å². The van der Waals surface area contributed by atoms with Gasteiger partial charge in [-0.1, -0.05) is 28.7 Å². The summed E-state index contributed by atoms with van der Waals surface area (Å²) in [7, 11) is 3.22. The largest absolute Gasteiger partial charge is 0.495 e. The average Bonchev–Trinajstić information content (AvgIpc) is 3.18. The highest BCUT2D eigenvalue weighted by Crippen LogP contribution is 2.40. The van der Waals surface area contributed by atoms with Crippen LogP contribution in [0.2, 0.25) is 0 Å². The zero-order valence-electron chi connectivity index (χ0n) is 12.8. The fourth-order valence-corrected chi connectivity index (χ4v) is 4.32. The third-order valence-electron chi connectivity index (χ3n) is 3.49. The molecule has 0 saturated carbocycles. The number of hydrogen-bond donors (Lipinski definition) is 1. The van der Waals surface area contributed by atoms with Crippen molar-refractivity contribution in [1.82, 2.24) is 9.97 Å². The molecule has 2 aromatic carbocycles. The first-order chi connectivity index (χ1) is 11.7. The zero-order valence-corrected chi connectivity index (χ0v) is 14.4. The number of methoxy groups -OCH3 is 2. The highest BCUT2D eigenvalue weighted by molar-refractivity contribution is 7.24. The van der Waals surface area contributed by atoms with Crippen molar-refractivity contribution in [3.63, 3.8) is 0 Å². The first-order valence-electron chi connectivity index (χ1n) is 7.03. The van der Waals surface area contributed by atoms with Crippen molar-refractivity contribution in [1.29, 1.82) is 0 Å². The minimum absolute atomic E-state index is 0.329. The van der Waals surface area contributed by atoms with E-state index in [-0.39, 0.29) is 5.82 Å². The van der Waals surface area contributed by atoms with E-state index in [1.54, 1.807) is 20.3 Å². The number of anilines is 2. The van der Waals surface area contributed by atoms with Gasteiger partial charge in [-0.05, 0) is 24.3 Å². The van der Waals surface area contributed by atoms with Gasteiger partial charge in [0.2, 0.25) is 0 Å². The normalized spacial score (nSPS) is 11.1. The van der Waals surface area contributed by atoms with Gasteiger partial charge < -0.3 is 14.8 Å². The molecule has 5 nitrogen and oxygen atoms in total. The van der Waals surface area contributed by atoms with Gasteiger partial charge in [-0.15, -0.1) is 0 Å². The highest BCUT2D eigenvalue weighted by atomic mass is 32.1. The van der Waals surface area contributed by atoms with E-state index >= 15 is 0 Å². The third-order valence-corrected chi connectivity index (χ3v) is 5.42. The van der Waals surface area contributed by atoms with Gasteiger partial charge in [-0.25, -0.2) is 14.4 Å². The molecule has 0 fully saturated rings. The maximum atomic E-state index is 13.8. The van der Waals surface area contributed by atoms with Gasteiger partial charge in [0, 0.05) is 0 Å². The van der Waals surface area contributed by atoms with E-state index in [0.29, 0.717) is 21.5 Å². The summed E-state index contributed by atoms with van der Waals surface area (Å²) in [5.41, 5.74) is 1.08. The number of benzene rings is 2. The fourth-order valence-electron chi connectivity index (χ4n) is 2.40. The Hall–Kier alpha value is -2.45. The monoisotopic (exact) mass is 361 g/mol. The van der Waals surface area contributed by atoms with E-state index < -0.39 is 0 Å². The van der Waals surface area contributed by atoms with Crippen LogP contribution in [0.1, 0.15) is 0 Å². The van der Waals surface area contributed by atoms with Crippen LogP contribution in [0.5, 0.6) is 11.5 Å². The molecule has 0 saturated heterocycles. The molecule has 8 heteroatoms. The van der Waals surface area contributed by atoms with Gasteiger partial charge in [0.15, 0.2) is 10.3 Å². The van der Waals surface area contributed by atoms with Crippen molar-refractivity contribution < 1.29 is 13.9 Å². The number of nitrogens with zero attached hydrogens (tertiary/aromatic N) is 2. The topological polar surface area (TPSA) is 56.3 Å². The number of hydrogen-bond acceptors (Lipinski definition) is 7. The SMILES string of the molecule is COc1ccc(OC)c2sc(Nc3nc4c(F)cccc4s3)nc12. The number of para-hydroxylation sites is 1. The molecule has 2 heterocycles. The van der Waals surface area contributed by atoms with Crippen LogP contribution in [0.3, 0.4) is 0 Å². The maximum absolute atomic E-state index is 13.8. The lowest BCUT2D eigenvalue weighted by Crippen LogP contribution is -1.89. The van der Waals surface area contributed by atoms with Crippen molar-refractivity contribution in [2.45, 2.75) is 0 Å². The molecular formula is C16H12FN3O2S2. The molecule has 4 rings (SSSR count). The second-order valence-electron chi connectivity index (χ2n) is 4.90. The molecule has 0 aliphatic rings. The Labute approximate surface area is 144 Å². The Balaban J connectivity index is 1.77. The minimum atomic E-state index is -0.329. The summed E-state index contributed by atoms with van der Waals surface area (Å²) >= 11 is 2.81. The number of nitrogens with one attached hydrogen (secondary N) is 1. The van der Waals surface area contributed by atoms with E-state index in [0.717, 1.165) is 20.7 Å². The number of halogens is 1. The minimum Gasteiger partial charge on any atom is -0.495 e. The predicted octanol–water partition coefficient (Wildman–Crippen LogP) is 4.81. The Morgan fingerprint density at radius 3 is 2.38 bits per heavy atom. The number of fused-ring (bicyclic) bond motifs is 2. The highest BCUT2D eigenvalue weighted by Gasteiger charge is 2.15. The fraction of sp³-hybridized carbons (Fsp3) is 0.125. The molecule has 122 valence electrons. The number of aromatic nitrogens is 2. The van der Waals surface area contributed by atoms with Gasteiger partial charge in [0.1, 0.15) is 33.0 Å². The molecule has 2 aromatic heterocycles. The predicted molar refractivity (Wildman–Crippen MR) is 95.6 cm³/mol. The molecule has 24 heavy (non-hydrogen) atoms. The van der Waals surface area contributed by atoms with Crippen molar-refractivity contribution in [3.8, 4) is 11.5 Å². The molecule has 4 aromatic rings. The summed E-state index contributed by atoms with van der Waals surface area (Å²) in [5.74, 6) is 1.07. The molecular weight excluding hydrogens is 349 g/mol. The third kappa shape index (κ3) is 2.44. The Morgan fingerprint density at radius 2 is 1.62 bits per heavy atom. The van der Waals surface area contributed by atoms with Gasteiger partial charge in [-0.2, -0.15) is 0 Å². The summed E-state index contributed by atoms with van der Waals surface area (Å²) in [6, 6.07) is 8.58. The lowest BCUT2D eigenvalue weighted by molar-refractivity contribution is 0.410. The first-order valence-corrected chi connectivity index (χ1v) is 8.66. The number of thiazole rings is 2. The van der Waals surface area contributed by atoms with Crippen LogP contribution < -0.4 is 14.8 Å². The molecule has 0 spiro atoms. The molecule has 0 bridgehead atoms. The van der Waals surface area contributed by atoms with E-state index in [1.165, 1.54) is 28.7 Å². The molecule has 0 unspecified atom stereocenters. The average molecular weight is 361 g/mol. The molecule has 0 aliphatic heterocycles. The van der Waals surface area contributed by atoms with Crippen LogP contribution >= 0.6 is 22.7 Å². The lowest BCUT2D eigenvalue weighted by atomic mass is 10.3. The molecule has 0 amide bonds. The van der Waals surface area contributed by atoms with Crippen LogP contribution in [0.15, 0.2) is 30.3 Å². The first kappa shape index (κ1) is 15.1. The molecule has 1 N–H and O–H groups in total. The smallest absolute Gasteiger partial charge is 0.190 e. The van der Waals surface area contributed by atoms with Crippen LogP contribution in [0, 0.1) is 5.82 Å². The summed E-state index contributed by atoms with van der Waals surface area (Å²) in [6.07, 6.45) is 0. The molecule has 0 radical (unpaired) electrons. The second kappa shape index (κ2) is 5.88.